The first-order valence-electron chi connectivity index (χ1n) is 6.19. The van der Waals surface area contributed by atoms with E-state index in [1.54, 1.807) is 18.5 Å². The van der Waals surface area contributed by atoms with Gasteiger partial charge in [-0.15, -0.1) is 0 Å². The minimum Gasteiger partial charge on any atom is -0.374 e. The predicted molar refractivity (Wildman–Crippen MR) is 70.1 cm³/mol. The van der Waals surface area contributed by atoms with Crippen LogP contribution in [0.4, 0.5) is 0 Å². The van der Waals surface area contributed by atoms with Crippen molar-refractivity contribution < 1.29 is 13.2 Å². The predicted octanol–water partition coefficient (Wildman–Crippen LogP) is -0.535. The number of aromatic nitrogens is 2. The van der Waals surface area contributed by atoms with Gasteiger partial charge in [-0.05, 0) is 13.8 Å². The highest BCUT2D eigenvalue weighted by atomic mass is 32.2. The van der Waals surface area contributed by atoms with Crippen molar-refractivity contribution in [3.63, 3.8) is 0 Å². The average molecular weight is 288 g/mol. The van der Waals surface area contributed by atoms with Crippen LogP contribution in [0.15, 0.2) is 11.2 Å². The third-order valence-electron chi connectivity index (χ3n) is 3.33. The molecule has 2 rings (SSSR count). The second kappa shape index (κ2) is 5.20. The van der Waals surface area contributed by atoms with Gasteiger partial charge in [-0.1, -0.05) is 0 Å². The Morgan fingerprint density at radius 2 is 2.26 bits per heavy atom. The molecular formula is C11H20N4O3S. The Hall–Kier alpha value is -0.960. The van der Waals surface area contributed by atoms with Crippen molar-refractivity contribution in [3.8, 4) is 0 Å². The first kappa shape index (κ1) is 14.4. The summed E-state index contributed by atoms with van der Waals surface area (Å²) in [5.41, 5.74) is 5.77. The summed E-state index contributed by atoms with van der Waals surface area (Å²) in [6.45, 7) is 4.54. The smallest absolute Gasteiger partial charge is 0.262 e. The molecule has 1 fully saturated rings. The summed E-state index contributed by atoms with van der Waals surface area (Å²) in [5, 5.41) is 0.0813. The zero-order valence-electron chi connectivity index (χ0n) is 11.4. The standard InChI is InChI=1S/C11H20N4O3S/c1-8(12)10-6-15(4-5-18-10)19(16,17)11-7-14(3)9(2)13-11/h7-8,10H,4-6,12H2,1-3H3. The van der Waals surface area contributed by atoms with Crippen LogP contribution in [0, 0.1) is 6.92 Å². The van der Waals surface area contributed by atoms with Crippen LogP contribution in [-0.4, -0.2) is 54.1 Å². The number of aryl methyl sites for hydroxylation is 2. The summed E-state index contributed by atoms with van der Waals surface area (Å²) < 4.78 is 33.5. The van der Waals surface area contributed by atoms with Crippen LogP contribution < -0.4 is 5.73 Å². The molecule has 1 aromatic rings. The van der Waals surface area contributed by atoms with Gasteiger partial charge in [0.05, 0.1) is 12.7 Å². The number of imidazole rings is 1. The number of morpholine rings is 1. The largest absolute Gasteiger partial charge is 0.374 e. The van der Waals surface area contributed by atoms with Gasteiger partial charge in [-0.25, -0.2) is 13.4 Å². The molecule has 0 radical (unpaired) electrons. The van der Waals surface area contributed by atoms with E-state index >= 15 is 0 Å². The molecule has 2 N–H and O–H groups in total. The molecule has 108 valence electrons. The van der Waals surface area contributed by atoms with E-state index in [0.717, 1.165) is 0 Å². The van der Waals surface area contributed by atoms with Gasteiger partial charge in [0.1, 0.15) is 5.82 Å². The van der Waals surface area contributed by atoms with Gasteiger partial charge in [0.2, 0.25) is 0 Å². The van der Waals surface area contributed by atoms with Crippen molar-refractivity contribution >= 4 is 10.0 Å². The number of ether oxygens (including phenoxy) is 1. The number of sulfonamides is 1. The molecule has 0 saturated carbocycles. The fraction of sp³-hybridized carbons (Fsp3) is 0.727. The highest BCUT2D eigenvalue weighted by Gasteiger charge is 2.33. The summed E-state index contributed by atoms with van der Waals surface area (Å²) >= 11 is 0. The Kier molecular flexibility index (Phi) is 3.95. The number of nitrogens with zero attached hydrogens (tertiary/aromatic N) is 3. The van der Waals surface area contributed by atoms with Gasteiger partial charge in [0, 0.05) is 32.4 Å². The Labute approximate surface area is 113 Å². The van der Waals surface area contributed by atoms with E-state index in [2.05, 4.69) is 4.98 Å². The normalized spacial score (nSPS) is 23.5. The topological polar surface area (TPSA) is 90.4 Å². The van der Waals surface area contributed by atoms with Crippen LogP contribution in [0.2, 0.25) is 0 Å². The lowest BCUT2D eigenvalue weighted by atomic mass is 10.2. The third-order valence-corrected chi connectivity index (χ3v) is 5.07. The molecule has 7 nitrogen and oxygen atoms in total. The zero-order valence-corrected chi connectivity index (χ0v) is 12.2. The van der Waals surface area contributed by atoms with Gasteiger partial charge < -0.3 is 15.0 Å². The van der Waals surface area contributed by atoms with Crippen molar-refractivity contribution in [2.24, 2.45) is 12.8 Å². The number of hydrogen-bond donors (Lipinski definition) is 1. The molecule has 8 heteroatoms. The summed E-state index contributed by atoms with van der Waals surface area (Å²) in [5.74, 6) is 0.663. The summed E-state index contributed by atoms with van der Waals surface area (Å²) in [4.78, 5) is 4.09. The van der Waals surface area contributed by atoms with E-state index in [0.29, 0.717) is 19.0 Å². The fourth-order valence-corrected chi connectivity index (χ4v) is 3.43. The number of hydrogen-bond acceptors (Lipinski definition) is 5. The monoisotopic (exact) mass is 288 g/mol. The lowest BCUT2D eigenvalue weighted by Gasteiger charge is -2.33. The second-order valence-corrected chi connectivity index (χ2v) is 6.75. The van der Waals surface area contributed by atoms with E-state index in [1.807, 2.05) is 6.92 Å². The summed E-state index contributed by atoms with van der Waals surface area (Å²) in [7, 11) is -1.80. The van der Waals surface area contributed by atoms with Crippen LogP contribution in [-0.2, 0) is 21.8 Å². The van der Waals surface area contributed by atoms with E-state index in [1.165, 1.54) is 10.5 Å². The Bertz CT molecular complexity index is 533. The van der Waals surface area contributed by atoms with Crippen molar-refractivity contribution in [1.29, 1.82) is 0 Å². The van der Waals surface area contributed by atoms with Crippen LogP contribution >= 0.6 is 0 Å². The molecule has 0 amide bonds. The summed E-state index contributed by atoms with van der Waals surface area (Å²) in [6, 6.07) is -0.205. The van der Waals surface area contributed by atoms with Crippen LogP contribution in [0.25, 0.3) is 0 Å². The molecule has 1 saturated heterocycles. The van der Waals surface area contributed by atoms with Gasteiger partial charge in [0.15, 0.2) is 5.03 Å². The molecule has 1 aliphatic rings. The van der Waals surface area contributed by atoms with Gasteiger partial charge in [-0.2, -0.15) is 4.31 Å². The molecule has 0 aliphatic carbocycles. The molecule has 1 aliphatic heterocycles. The molecule has 2 unspecified atom stereocenters. The molecule has 0 bridgehead atoms. The first-order chi connectivity index (χ1) is 8.82. The Morgan fingerprint density at radius 1 is 1.58 bits per heavy atom. The third kappa shape index (κ3) is 2.81. The molecule has 1 aromatic heterocycles. The van der Waals surface area contributed by atoms with E-state index < -0.39 is 10.0 Å². The molecule has 2 heterocycles. The Morgan fingerprint density at radius 3 is 2.79 bits per heavy atom. The van der Waals surface area contributed by atoms with Crippen LogP contribution in [0.1, 0.15) is 12.7 Å². The molecule has 0 spiro atoms. The maximum Gasteiger partial charge on any atom is 0.262 e. The van der Waals surface area contributed by atoms with Crippen molar-refractivity contribution in [2.45, 2.75) is 31.0 Å². The molecule has 0 aromatic carbocycles. The zero-order chi connectivity index (χ0) is 14.2. The van der Waals surface area contributed by atoms with Crippen molar-refractivity contribution in [3.05, 3.63) is 12.0 Å². The van der Waals surface area contributed by atoms with Gasteiger partial charge in [0.25, 0.3) is 10.0 Å². The minimum absolute atomic E-state index is 0.0813. The lowest BCUT2D eigenvalue weighted by Crippen LogP contribution is -2.51. The fourth-order valence-electron chi connectivity index (χ4n) is 1.97. The first-order valence-corrected chi connectivity index (χ1v) is 7.63. The molecule has 19 heavy (non-hydrogen) atoms. The maximum atomic E-state index is 12.5. The quantitative estimate of drug-likeness (QED) is 0.807. The highest BCUT2D eigenvalue weighted by Crippen LogP contribution is 2.18. The van der Waals surface area contributed by atoms with Crippen LogP contribution in [0.3, 0.4) is 0 Å². The molecular weight excluding hydrogens is 268 g/mol. The molecule has 2 atom stereocenters. The van der Waals surface area contributed by atoms with Gasteiger partial charge in [-0.3, -0.25) is 0 Å². The average Bonchev–Trinajstić information content (AvgIpc) is 2.70. The van der Waals surface area contributed by atoms with Crippen LogP contribution in [0.5, 0.6) is 0 Å². The van der Waals surface area contributed by atoms with Gasteiger partial charge >= 0.3 is 0 Å². The van der Waals surface area contributed by atoms with E-state index in [4.69, 9.17) is 10.5 Å². The highest BCUT2D eigenvalue weighted by molar-refractivity contribution is 7.89. The van der Waals surface area contributed by atoms with E-state index in [9.17, 15) is 8.42 Å². The minimum atomic E-state index is -3.56. The number of nitrogens with two attached hydrogens (primary N) is 1. The summed E-state index contributed by atoms with van der Waals surface area (Å²) in [6.07, 6.45) is 1.26. The Balaban J connectivity index is 2.24. The SMILES string of the molecule is Cc1nc(S(=O)(=O)N2CCOC(C(C)N)C2)cn1C. The van der Waals surface area contributed by atoms with Crippen molar-refractivity contribution in [1.82, 2.24) is 13.9 Å². The van der Waals surface area contributed by atoms with E-state index in [-0.39, 0.29) is 23.7 Å². The van der Waals surface area contributed by atoms with Crippen molar-refractivity contribution in [2.75, 3.05) is 19.7 Å². The second-order valence-electron chi connectivity index (χ2n) is 4.87. The number of rotatable bonds is 3. The lowest BCUT2D eigenvalue weighted by molar-refractivity contribution is -0.0120. The maximum absolute atomic E-state index is 12.5.